The molecule has 0 aliphatic carbocycles. The van der Waals surface area contributed by atoms with Crippen LogP contribution in [0, 0.1) is 13.8 Å². The minimum absolute atomic E-state index is 0.255. The maximum Gasteiger partial charge on any atom is 0.164 e. The van der Waals surface area contributed by atoms with Crippen LogP contribution in [-0.2, 0) is 0 Å². The second-order valence-electron chi connectivity index (χ2n) is 3.01. The first-order chi connectivity index (χ1) is 5.68. The Hall–Kier alpha value is -1.44. The molecule has 0 amide bonds. The zero-order chi connectivity index (χ0) is 8.72. The SMILES string of the molecule is Cc1ccc2c(O)c(C)oc2c1. The van der Waals surface area contributed by atoms with Gasteiger partial charge in [0.2, 0.25) is 0 Å². The van der Waals surface area contributed by atoms with Gasteiger partial charge < -0.3 is 9.52 Å². The van der Waals surface area contributed by atoms with Gasteiger partial charge in [-0.15, -0.1) is 0 Å². The van der Waals surface area contributed by atoms with Crippen molar-refractivity contribution in [1.29, 1.82) is 0 Å². The van der Waals surface area contributed by atoms with E-state index in [1.807, 2.05) is 25.1 Å². The van der Waals surface area contributed by atoms with Gasteiger partial charge in [-0.2, -0.15) is 0 Å². The highest BCUT2D eigenvalue weighted by atomic mass is 16.4. The molecule has 62 valence electrons. The van der Waals surface area contributed by atoms with Crippen molar-refractivity contribution in [3.8, 4) is 5.75 Å². The first-order valence-corrected chi connectivity index (χ1v) is 3.87. The summed E-state index contributed by atoms with van der Waals surface area (Å²) in [5.41, 5.74) is 1.89. The molecule has 0 bridgehead atoms. The van der Waals surface area contributed by atoms with E-state index < -0.39 is 0 Å². The summed E-state index contributed by atoms with van der Waals surface area (Å²) in [5, 5.41) is 10.3. The number of furan rings is 1. The Morgan fingerprint density at radius 2 is 2.00 bits per heavy atom. The summed E-state index contributed by atoms with van der Waals surface area (Å²) in [6.07, 6.45) is 0. The van der Waals surface area contributed by atoms with E-state index in [1.54, 1.807) is 6.92 Å². The highest BCUT2D eigenvalue weighted by molar-refractivity contribution is 5.85. The Morgan fingerprint density at radius 1 is 1.25 bits per heavy atom. The molecule has 0 spiro atoms. The fourth-order valence-electron chi connectivity index (χ4n) is 1.31. The zero-order valence-corrected chi connectivity index (χ0v) is 7.09. The van der Waals surface area contributed by atoms with E-state index in [4.69, 9.17) is 4.42 Å². The van der Waals surface area contributed by atoms with E-state index >= 15 is 0 Å². The number of hydrogen-bond donors (Lipinski definition) is 1. The van der Waals surface area contributed by atoms with Gasteiger partial charge >= 0.3 is 0 Å². The van der Waals surface area contributed by atoms with E-state index in [0.29, 0.717) is 5.76 Å². The fourth-order valence-corrected chi connectivity index (χ4v) is 1.31. The van der Waals surface area contributed by atoms with Crippen LogP contribution in [0.1, 0.15) is 11.3 Å². The summed E-state index contributed by atoms with van der Waals surface area (Å²) in [6, 6.07) is 5.75. The molecule has 2 nitrogen and oxygen atoms in total. The van der Waals surface area contributed by atoms with Crippen molar-refractivity contribution >= 4 is 11.0 Å². The van der Waals surface area contributed by atoms with Crippen LogP contribution in [0.4, 0.5) is 0 Å². The van der Waals surface area contributed by atoms with Crippen molar-refractivity contribution in [2.24, 2.45) is 0 Å². The van der Waals surface area contributed by atoms with Gasteiger partial charge in [0.25, 0.3) is 0 Å². The number of aryl methyl sites for hydroxylation is 2. The average molecular weight is 162 g/mol. The van der Waals surface area contributed by atoms with Crippen LogP contribution >= 0.6 is 0 Å². The number of hydrogen-bond acceptors (Lipinski definition) is 2. The lowest BCUT2D eigenvalue weighted by atomic mass is 10.2. The maximum absolute atomic E-state index is 9.50. The van der Waals surface area contributed by atoms with Gasteiger partial charge in [-0.05, 0) is 31.5 Å². The Labute approximate surface area is 70.4 Å². The smallest absolute Gasteiger partial charge is 0.164 e. The van der Waals surface area contributed by atoms with Gasteiger partial charge in [0.15, 0.2) is 5.75 Å². The van der Waals surface area contributed by atoms with E-state index in [9.17, 15) is 5.11 Å². The molecule has 2 rings (SSSR count). The van der Waals surface area contributed by atoms with Crippen molar-refractivity contribution in [1.82, 2.24) is 0 Å². The monoisotopic (exact) mass is 162 g/mol. The topological polar surface area (TPSA) is 33.4 Å². The predicted molar refractivity (Wildman–Crippen MR) is 47.4 cm³/mol. The molecule has 1 heterocycles. The van der Waals surface area contributed by atoms with Crippen molar-refractivity contribution in [2.75, 3.05) is 0 Å². The van der Waals surface area contributed by atoms with Crippen molar-refractivity contribution in [3.63, 3.8) is 0 Å². The largest absolute Gasteiger partial charge is 0.504 e. The molecule has 2 aromatic rings. The maximum atomic E-state index is 9.50. The van der Waals surface area contributed by atoms with Crippen molar-refractivity contribution in [2.45, 2.75) is 13.8 Å². The van der Waals surface area contributed by atoms with Gasteiger partial charge in [0.1, 0.15) is 11.3 Å². The molecular weight excluding hydrogens is 152 g/mol. The minimum atomic E-state index is 0.255. The summed E-state index contributed by atoms with van der Waals surface area (Å²) in [4.78, 5) is 0. The van der Waals surface area contributed by atoms with E-state index in [-0.39, 0.29) is 5.75 Å². The summed E-state index contributed by atoms with van der Waals surface area (Å²) >= 11 is 0. The van der Waals surface area contributed by atoms with Gasteiger partial charge in [-0.25, -0.2) is 0 Å². The molecule has 1 aromatic heterocycles. The quantitative estimate of drug-likeness (QED) is 0.646. The molecule has 0 saturated heterocycles. The Morgan fingerprint density at radius 3 is 2.75 bits per heavy atom. The average Bonchev–Trinajstić information content (AvgIpc) is 2.28. The minimum Gasteiger partial charge on any atom is -0.504 e. The first-order valence-electron chi connectivity index (χ1n) is 3.87. The van der Waals surface area contributed by atoms with Crippen molar-refractivity contribution in [3.05, 3.63) is 29.5 Å². The molecule has 0 fully saturated rings. The van der Waals surface area contributed by atoms with Crippen LogP contribution < -0.4 is 0 Å². The lowest BCUT2D eigenvalue weighted by molar-refractivity contribution is 0.451. The molecule has 2 heteroatoms. The lowest BCUT2D eigenvalue weighted by Gasteiger charge is -1.90. The number of fused-ring (bicyclic) bond motifs is 1. The highest BCUT2D eigenvalue weighted by Crippen LogP contribution is 2.31. The Bertz CT molecular complexity index is 427. The molecule has 0 unspecified atom stereocenters. The Kier molecular flexibility index (Phi) is 1.37. The highest BCUT2D eigenvalue weighted by Gasteiger charge is 2.07. The Balaban J connectivity index is 2.87. The number of benzene rings is 1. The van der Waals surface area contributed by atoms with E-state index in [2.05, 4.69) is 0 Å². The normalized spacial score (nSPS) is 10.8. The number of aromatic hydroxyl groups is 1. The van der Waals surface area contributed by atoms with Gasteiger partial charge in [-0.1, -0.05) is 6.07 Å². The third kappa shape index (κ3) is 0.881. The van der Waals surface area contributed by atoms with Gasteiger partial charge in [-0.3, -0.25) is 0 Å². The second-order valence-corrected chi connectivity index (χ2v) is 3.01. The molecule has 0 saturated carbocycles. The summed E-state index contributed by atoms with van der Waals surface area (Å²) in [6.45, 7) is 3.75. The summed E-state index contributed by atoms with van der Waals surface area (Å²) in [5.74, 6) is 0.834. The van der Waals surface area contributed by atoms with Crippen LogP contribution in [0.15, 0.2) is 22.6 Å². The van der Waals surface area contributed by atoms with Crippen LogP contribution in [-0.4, -0.2) is 5.11 Å². The third-order valence-corrected chi connectivity index (χ3v) is 1.99. The molecule has 0 aliphatic rings. The lowest BCUT2D eigenvalue weighted by Crippen LogP contribution is -1.69. The van der Waals surface area contributed by atoms with Gasteiger partial charge in [0.05, 0.1) is 5.39 Å². The molecule has 1 N–H and O–H groups in total. The first kappa shape index (κ1) is 7.22. The second kappa shape index (κ2) is 2.27. The van der Waals surface area contributed by atoms with Crippen molar-refractivity contribution < 1.29 is 9.52 Å². The van der Waals surface area contributed by atoms with E-state index in [0.717, 1.165) is 16.5 Å². The molecule has 12 heavy (non-hydrogen) atoms. The molecule has 0 aliphatic heterocycles. The summed E-state index contributed by atoms with van der Waals surface area (Å²) in [7, 11) is 0. The predicted octanol–water partition coefficient (Wildman–Crippen LogP) is 2.76. The molecular formula is C10H10O2. The summed E-state index contributed by atoms with van der Waals surface area (Å²) < 4.78 is 5.33. The van der Waals surface area contributed by atoms with Crippen LogP contribution in [0.25, 0.3) is 11.0 Å². The molecule has 0 atom stereocenters. The van der Waals surface area contributed by atoms with Crippen LogP contribution in [0.5, 0.6) is 5.75 Å². The molecule has 0 radical (unpaired) electrons. The molecule has 1 aromatic carbocycles. The zero-order valence-electron chi connectivity index (χ0n) is 7.09. The van der Waals surface area contributed by atoms with Crippen LogP contribution in [0.2, 0.25) is 0 Å². The van der Waals surface area contributed by atoms with Gasteiger partial charge in [0, 0.05) is 0 Å². The van der Waals surface area contributed by atoms with Crippen LogP contribution in [0.3, 0.4) is 0 Å². The standard InChI is InChI=1S/C10H10O2/c1-6-3-4-8-9(5-6)12-7(2)10(8)11/h3-5,11H,1-2H3. The number of rotatable bonds is 0. The van der Waals surface area contributed by atoms with E-state index in [1.165, 1.54) is 0 Å². The fraction of sp³-hybridized carbons (Fsp3) is 0.200. The third-order valence-electron chi connectivity index (χ3n) is 1.99.